The van der Waals surface area contributed by atoms with E-state index in [0.29, 0.717) is 10.6 Å². The molecule has 1 N–H and O–H groups in total. The van der Waals surface area contributed by atoms with Crippen LogP contribution in [0.2, 0.25) is 0 Å². The number of rotatable bonds is 6. The molecule has 26 heavy (non-hydrogen) atoms. The van der Waals surface area contributed by atoms with Crippen molar-refractivity contribution in [2.45, 2.75) is 4.90 Å². The van der Waals surface area contributed by atoms with Gasteiger partial charge in [0.15, 0.2) is 6.61 Å². The number of carbonyl (C=O) groups is 2. The fourth-order valence-electron chi connectivity index (χ4n) is 2.05. The van der Waals surface area contributed by atoms with Crippen molar-refractivity contribution in [2.75, 3.05) is 18.2 Å². The second-order valence-electron chi connectivity index (χ2n) is 4.93. The Balaban J connectivity index is 2.02. The SMILES string of the molecule is CSc1ccc(C(=O)OCC(=O)Nc2ccccc2C#N)cc1[N+](=O)[O-]. The predicted octanol–water partition coefficient (Wildman–Crippen LogP) is 2.98. The van der Waals surface area contributed by atoms with Crippen LogP contribution in [0.4, 0.5) is 11.4 Å². The van der Waals surface area contributed by atoms with Crippen LogP contribution in [-0.2, 0) is 9.53 Å². The Morgan fingerprint density at radius 3 is 2.69 bits per heavy atom. The summed E-state index contributed by atoms with van der Waals surface area (Å²) in [5.41, 5.74) is 0.338. The van der Waals surface area contributed by atoms with Gasteiger partial charge in [0.2, 0.25) is 0 Å². The Morgan fingerprint density at radius 2 is 2.04 bits per heavy atom. The van der Waals surface area contributed by atoms with Crippen LogP contribution in [0.15, 0.2) is 47.4 Å². The van der Waals surface area contributed by atoms with Gasteiger partial charge in [-0.2, -0.15) is 5.26 Å². The van der Waals surface area contributed by atoms with Gasteiger partial charge in [-0.25, -0.2) is 4.79 Å². The summed E-state index contributed by atoms with van der Waals surface area (Å²) in [5.74, 6) is -1.49. The Kier molecular flexibility index (Phi) is 6.30. The first-order chi connectivity index (χ1) is 12.5. The summed E-state index contributed by atoms with van der Waals surface area (Å²) in [6.07, 6.45) is 1.68. The van der Waals surface area contributed by atoms with Crippen LogP contribution < -0.4 is 5.32 Å². The number of hydrogen-bond donors (Lipinski definition) is 1. The van der Waals surface area contributed by atoms with Gasteiger partial charge in [0.1, 0.15) is 6.07 Å². The van der Waals surface area contributed by atoms with E-state index in [9.17, 15) is 19.7 Å². The van der Waals surface area contributed by atoms with Crippen molar-refractivity contribution in [3.05, 3.63) is 63.7 Å². The number of nitro groups is 1. The summed E-state index contributed by atoms with van der Waals surface area (Å²) in [7, 11) is 0. The summed E-state index contributed by atoms with van der Waals surface area (Å²) in [6, 6.07) is 12.3. The first kappa shape index (κ1) is 19.0. The highest BCUT2D eigenvalue weighted by Crippen LogP contribution is 2.28. The molecule has 0 aliphatic carbocycles. The molecule has 0 aromatic heterocycles. The monoisotopic (exact) mass is 371 g/mol. The largest absolute Gasteiger partial charge is 0.452 e. The van der Waals surface area contributed by atoms with Crippen molar-refractivity contribution in [1.82, 2.24) is 0 Å². The molecule has 2 aromatic carbocycles. The molecule has 0 spiro atoms. The number of nitriles is 1. The van der Waals surface area contributed by atoms with Gasteiger partial charge in [-0.15, -0.1) is 11.8 Å². The molecule has 0 aliphatic rings. The Labute approximate surface area is 152 Å². The number of nitro benzene ring substituents is 1. The molecule has 0 fully saturated rings. The smallest absolute Gasteiger partial charge is 0.338 e. The molecule has 1 amide bonds. The summed E-state index contributed by atoms with van der Waals surface area (Å²) in [5, 5.41) is 22.5. The van der Waals surface area contributed by atoms with E-state index in [0.717, 1.165) is 6.07 Å². The Bertz CT molecular complexity index is 908. The lowest BCUT2D eigenvalue weighted by Crippen LogP contribution is -2.21. The quantitative estimate of drug-likeness (QED) is 0.358. The normalized spacial score (nSPS) is 9.85. The Hall–Kier alpha value is -3.38. The van der Waals surface area contributed by atoms with Crippen LogP contribution in [-0.4, -0.2) is 29.7 Å². The highest BCUT2D eigenvalue weighted by atomic mass is 32.2. The van der Waals surface area contributed by atoms with Crippen molar-refractivity contribution < 1.29 is 19.2 Å². The van der Waals surface area contributed by atoms with Crippen molar-refractivity contribution in [1.29, 1.82) is 5.26 Å². The molecule has 0 atom stereocenters. The number of ether oxygens (including phenoxy) is 1. The van der Waals surface area contributed by atoms with Gasteiger partial charge in [0, 0.05) is 6.07 Å². The van der Waals surface area contributed by atoms with Gasteiger partial charge >= 0.3 is 5.97 Å². The van der Waals surface area contributed by atoms with E-state index in [-0.39, 0.29) is 16.8 Å². The van der Waals surface area contributed by atoms with Crippen molar-refractivity contribution in [3.8, 4) is 6.07 Å². The van der Waals surface area contributed by atoms with E-state index < -0.39 is 23.4 Å². The number of esters is 1. The average molecular weight is 371 g/mol. The number of para-hydroxylation sites is 1. The topological polar surface area (TPSA) is 122 Å². The van der Waals surface area contributed by atoms with Crippen LogP contribution in [0.3, 0.4) is 0 Å². The fourth-order valence-corrected chi connectivity index (χ4v) is 2.60. The molecule has 2 aromatic rings. The van der Waals surface area contributed by atoms with Gasteiger partial charge in [-0.3, -0.25) is 14.9 Å². The van der Waals surface area contributed by atoms with Crippen LogP contribution in [0, 0.1) is 21.4 Å². The number of nitrogens with one attached hydrogen (secondary N) is 1. The summed E-state index contributed by atoms with van der Waals surface area (Å²) in [6.45, 7) is -0.587. The zero-order valence-electron chi connectivity index (χ0n) is 13.6. The first-order valence-corrected chi connectivity index (χ1v) is 8.47. The van der Waals surface area contributed by atoms with Gasteiger partial charge in [-0.05, 0) is 30.5 Å². The molecule has 2 rings (SSSR count). The molecular weight excluding hydrogens is 358 g/mol. The van der Waals surface area contributed by atoms with E-state index in [1.807, 2.05) is 6.07 Å². The average Bonchev–Trinajstić information content (AvgIpc) is 2.65. The molecule has 8 nitrogen and oxygen atoms in total. The van der Waals surface area contributed by atoms with Crippen molar-refractivity contribution >= 4 is 35.0 Å². The Morgan fingerprint density at radius 1 is 1.31 bits per heavy atom. The summed E-state index contributed by atoms with van der Waals surface area (Å²) in [4.78, 5) is 34.8. The number of thioether (sulfide) groups is 1. The predicted molar refractivity (Wildman–Crippen MR) is 94.9 cm³/mol. The van der Waals surface area contributed by atoms with Crippen molar-refractivity contribution in [3.63, 3.8) is 0 Å². The highest BCUT2D eigenvalue weighted by molar-refractivity contribution is 7.98. The lowest BCUT2D eigenvalue weighted by atomic mass is 10.2. The number of nitrogens with zero attached hydrogens (tertiary/aromatic N) is 2. The van der Waals surface area contributed by atoms with Crippen molar-refractivity contribution in [2.24, 2.45) is 0 Å². The van der Waals surface area contributed by atoms with E-state index in [1.165, 1.54) is 30.0 Å². The van der Waals surface area contributed by atoms with Gasteiger partial charge < -0.3 is 10.1 Å². The standard InChI is InChI=1S/C17H13N3O5S/c1-26-15-7-6-11(8-14(15)20(23)24)17(22)25-10-16(21)19-13-5-3-2-4-12(13)9-18/h2-8H,10H2,1H3,(H,19,21). The number of hydrogen-bond acceptors (Lipinski definition) is 7. The van der Waals surface area contributed by atoms with Gasteiger partial charge in [0.05, 0.1) is 26.6 Å². The number of carbonyl (C=O) groups excluding carboxylic acids is 2. The number of anilines is 1. The zero-order valence-corrected chi connectivity index (χ0v) is 14.4. The maximum absolute atomic E-state index is 12.0. The van der Waals surface area contributed by atoms with Crippen LogP contribution in [0.1, 0.15) is 15.9 Å². The minimum absolute atomic E-state index is 0.0280. The van der Waals surface area contributed by atoms with Crippen LogP contribution in [0.5, 0.6) is 0 Å². The molecule has 0 saturated heterocycles. The fraction of sp³-hybridized carbons (Fsp3) is 0.118. The lowest BCUT2D eigenvalue weighted by Gasteiger charge is -2.08. The second-order valence-corrected chi connectivity index (χ2v) is 5.77. The van der Waals surface area contributed by atoms with Gasteiger partial charge in [-0.1, -0.05) is 12.1 Å². The zero-order chi connectivity index (χ0) is 19.1. The van der Waals surface area contributed by atoms with E-state index in [1.54, 1.807) is 24.5 Å². The third-order valence-corrected chi connectivity index (χ3v) is 4.05. The number of benzene rings is 2. The summed E-state index contributed by atoms with van der Waals surface area (Å²) < 4.78 is 4.88. The van der Waals surface area contributed by atoms with Crippen LogP contribution in [0.25, 0.3) is 0 Å². The minimum atomic E-state index is -0.857. The molecule has 9 heteroatoms. The van der Waals surface area contributed by atoms with E-state index >= 15 is 0 Å². The minimum Gasteiger partial charge on any atom is -0.452 e. The summed E-state index contributed by atoms with van der Waals surface area (Å²) >= 11 is 1.18. The molecule has 0 saturated carbocycles. The molecule has 0 unspecified atom stereocenters. The third kappa shape index (κ3) is 4.58. The van der Waals surface area contributed by atoms with Crippen LogP contribution >= 0.6 is 11.8 Å². The highest BCUT2D eigenvalue weighted by Gasteiger charge is 2.18. The number of amides is 1. The maximum Gasteiger partial charge on any atom is 0.338 e. The second kappa shape index (κ2) is 8.64. The van der Waals surface area contributed by atoms with E-state index in [4.69, 9.17) is 10.00 Å². The molecule has 0 aliphatic heterocycles. The van der Waals surface area contributed by atoms with E-state index in [2.05, 4.69) is 5.32 Å². The third-order valence-electron chi connectivity index (χ3n) is 3.27. The molecule has 0 radical (unpaired) electrons. The molecule has 0 bridgehead atoms. The first-order valence-electron chi connectivity index (χ1n) is 7.24. The molecule has 0 heterocycles. The lowest BCUT2D eigenvalue weighted by molar-refractivity contribution is -0.387. The molecular formula is C17H13N3O5S. The molecule has 132 valence electrons. The van der Waals surface area contributed by atoms with Gasteiger partial charge in [0.25, 0.3) is 11.6 Å². The maximum atomic E-state index is 12.0.